The molecule has 0 saturated heterocycles. The molecule has 70 valence electrons. The van der Waals surface area contributed by atoms with Crippen molar-refractivity contribution in [3.8, 4) is 0 Å². The van der Waals surface area contributed by atoms with E-state index in [2.05, 4.69) is 29.0 Å². The molecule has 0 bridgehead atoms. The van der Waals surface area contributed by atoms with Gasteiger partial charge in [-0.25, -0.2) is 0 Å². The summed E-state index contributed by atoms with van der Waals surface area (Å²) in [4.78, 5) is 0. The normalized spacial score (nSPS) is 10.0. The van der Waals surface area contributed by atoms with Gasteiger partial charge in [0, 0.05) is 19.8 Å². The maximum atomic E-state index is 5.63. The Kier molecular flexibility index (Phi) is 2.96. The molecule has 1 aromatic heterocycles. The van der Waals surface area contributed by atoms with Gasteiger partial charge in [-0.2, -0.15) is 0 Å². The maximum Gasteiger partial charge on any atom is 0.0523 e. The first-order chi connectivity index (χ1) is 5.83. The predicted molar refractivity (Wildman–Crippen MR) is 58.1 cm³/mol. The number of halogens is 1. The summed E-state index contributed by atoms with van der Waals surface area (Å²) in [5.74, 6) is 0. The number of aromatic nitrogens is 1. The maximum absolute atomic E-state index is 5.63. The van der Waals surface area contributed by atoms with Crippen molar-refractivity contribution in [2.45, 2.75) is 6.54 Å². The highest BCUT2D eigenvalue weighted by Crippen LogP contribution is 2.18. The van der Waals surface area contributed by atoms with Gasteiger partial charge in [-0.1, -0.05) is 18.2 Å². The van der Waals surface area contributed by atoms with Crippen LogP contribution in [0.25, 0.3) is 10.9 Å². The molecule has 0 unspecified atom stereocenters. The lowest BCUT2D eigenvalue weighted by Crippen LogP contribution is -1.99. The van der Waals surface area contributed by atoms with Crippen LogP contribution in [0.4, 0.5) is 0 Å². The summed E-state index contributed by atoms with van der Waals surface area (Å²) in [6.07, 6.45) is 2.06. The molecule has 0 aliphatic heterocycles. The zero-order valence-corrected chi connectivity index (χ0v) is 8.34. The number of benzene rings is 1. The first-order valence-corrected chi connectivity index (χ1v) is 4.06. The number of rotatable bonds is 1. The standard InChI is InChI=1S/C10H12N2.ClH/c1-12-6-5-8-3-2-4-9(7-11)10(8)12;/h2-6H,7,11H2,1H3;1H. The molecule has 0 aliphatic rings. The third-order valence-corrected chi connectivity index (χ3v) is 2.20. The first kappa shape index (κ1) is 10.1. The van der Waals surface area contributed by atoms with Gasteiger partial charge in [-0.05, 0) is 17.0 Å². The lowest BCUT2D eigenvalue weighted by Gasteiger charge is -2.02. The zero-order valence-electron chi connectivity index (χ0n) is 7.53. The highest BCUT2D eigenvalue weighted by atomic mass is 35.5. The summed E-state index contributed by atoms with van der Waals surface area (Å²) in [5, 5.41) is 1.26. The highest BCUT2D eigenvalue weighted by Gasteiger charge is 2.01. The van der Waals surface area contributed by atoms with E-state index in [0.29, 0.717) is 6.54 Å². The van der Waals surface area contributed by atoms with Gasteiger partial charge in [0.25, 0.3) is 0 Å². The summed E-state index contributed by atoms with van der Waals surface area (Å²) in [6, 6.07) is 8.33. The van der Waals surface area contributed by atoms with Crippen LogP contribution in [0, 0.1) is 0 Å². The number of aryl methyl sites for hydroxylation is 1. The molecule has 1 heterocycles. The third kappa shape index (κ3) is 1.55. The number of hydrogen-bond acceptors (Lipinski definition) is 1. The molecule has 3 heteroatoms. The molecular weight excluding hydrogens is 184 g/mol. The Bertz CT molecular complexity index is 406. The molecule has 1 aromatic carbocycles. The van der Waals surface area contributed by atoms with Crippen LogP contribution in [-0.4, -0.2) is 4.57 Å². The van der Waals surface area contributed by atoms with E-state index < -0.39 is 0 Å². The lowest BCUT2D eigenvalue weighted by molar-refractivity contribution is 0.949. The van der Waals surface area contributed by atoms with E-state index in [4.69, 9.17) is 5.73 Å². The van der Waals surface area contributed by atoms with E-state index in [-0.39, 0.29) is 12.4 Å². The van der Waals surface area contributed by atoms with Crippen molar-refractivity contribution in [2.75, 3.05) is 0 Å². The van der Waals surface area contributed by atoms with Crippen LogP contribution >= 0.6 is 12.4 Å². The zero-order chi connectivity index (χ0) is 8.55. The van der Waals surface area contributed by atoms with Crippen molar-refractivity contribution >= 4 is 23.3 Å². The monoisotopic (exact) mass is 196 g/mol. The number of nitrogens with zero attached hydrogens (tertiary/aromatic N) is 1. The van der Waals surface area contributed by atoms with Crippen molar-refractivity contribution in [3.63, 3.8) is 0 Å². The second-order valence-corrected chi connectivity index (χ2v) is 2.99. The third-order valence-electron chi connectivity index (χ3n) is 2.20. The average molecular weight is 197 g/mol. The van der Waals surface area contributed by atoms with Crippen LogP contribution < -0.4 is 5.73 Å². The van der Waals surface area contributed by atoms with E-state index in [9.17, 15) is 0 Å². The summed E-state index contributed by atoms with van der Waals surface area (Å²) in [5.41, 5.74) is 8.09. The minimum absolute atomic E-state index is 0. The van der Waals surface area contributed by atoms with Crippen molar-refractivity contribution in [1.82, 2.24) is 4.57 Å². The number of hydrogen-bond donors (Lipinski definition) is 1. The lowest BCUT2D eigenvalue weighted by atomic mass is 10.1. The van der Waals surface area contributed by atoms with Gasteiger partial charge in [-0.15, -0.1) is 12.4 Å². The van der Waals surface area contributed by atoms with Crippen molar-refractivity contribution in [1.29, 1.82) is 0 Å². The van der Waals surface area contributed by atoms with Crippen LogP contribution in [0.1, 0.15) is 5.56 Å². The average Bonchev–Trinajstić information content (AvgIpc) is 2.48. The van der Waals surface area contributed by atoms with Crippen molar-refractivity contribution in [3.05, 3.63) is 36.0 Å². The second kappa shape index (κ2) is 3.81. The van der Waals surface area contributed by atoms with E-state index in [0.717, 1.165) is 0 Å². The topological polar surface area (TPSA) is 30.9 Å². The molecular formula is C10H13ClN2. The Morgan fingerprint density at radius 1 is 1.31 bits per heavy atom. The second-order valence-electron chi connectivity index (χ2n) is 2.99. The number of para-hydroxylation sites is 1. The van der Waals surface area contributed by atoms with Crippen molar-refractivity contribution < 1.29 is 0 Å². The van der Waals surface area contributed by atoms with Crippen LogP contribution in [0.5, 0.6) is 0 Å². The smallest absolute Gasteiger partial charge is 0.0523 e. The Morgan fingerprint density at radius 3 is 2.77 bits per heavy atom. The fraction of sp³-hybridized carbons (Fsp3) is 0.200. The van der Waals surface area contributed by atoms with Crippen LogP contribution in [-0.2, 0) is 13.6 Å². The molecule has 2 N–H and O–H groups in total. The van der Waals surface area contributed by atoms with E-state index in [1.165, 1.54) is 16.5 Å². The molecule has 2 nitrogen and oxygen atoms in total. The van der Waals surface area contributed by atoms with Gasteiger partial charge in [0.15, 0.2) is 0 Å². The minimum Gasteiger partial charge on any atom is -0.350 e. The fourth-order valence-corrected chi connectivity index (χ4v) is 1.61. The summed E-state index contributed by atoms with van der Waals surface area (Å²) in [6.45, 7) is 0.606. The van der Waals surface area contributed by atoms with Crippen LogP contribution in [0.3, 0.4) is 0 Å². The summed E-state index contributed by atoms with van der Waals surface area (Å²) < 4.78 is 2.11. The SMILES string of the molecule is Cl.Cn1ccc2cccc(CN)c21. The molecule has 0 saturated carbocycles. The Balaban J connectivity index is 0.000000845. The van der Waals surface area contributed by atoms with Gasteiger partial charge in [0.2, 0.25) is 0 Å². The predicted octanol–water partition coefficient (Wildman–Crippen LogP) is 2.06. The first-order valence-electron chi connectivity index (χ1n) is 4.06. The molecule has 0 amide bonds. The van der Waals surface area contributed by atoms with E-state index in [1.54, 1.807) is 0 Å². The number of fused-ring (bicyclic) bond motifs is 1. The molecule has 0 spiro atoms. The Hall–Kier alpha value is -0.990. The number of nitrogens with two attached hydrogens (primary N) is 1. The molecule has 2 rings (SSSR count). The van der Waals surface area contributed by atoms with E-state index in [1.807, 2.05) is 13.1 Å². The van der Waals surface area contributed by atoms with Gasteiger partial charge in [0.1, 0.15) is 0 Å². The minimum atomic E-state index is 0. The van der Waals surface area contributed by atoms with E-state index >= 15 is 0 Å². The molecule has 0 aliphatic carbocycles. The molecule has 0 fully saturated rings. The van der Waals surface area contributed by atoms with Crippen LogP contribution in [0.2, 0.25) is 0 Å². The van der Waals surface area contributed by atoms with Gasteiger partial charge < -0.3 is 10.3 Å². The van der Waals surface area contributed by atoms with Gasteiger partial charge >= 0.3 is 0 Å². The Morgan fingerprint density at radius 2 is 2.08 bits per heavy atom. The highest BCUT2D eigenvalue weighted by molar-refractivity contribution is 5.85. The largest absolute Gasteiger partial charge is 0.350 e. The summed E-state index contributed by atoms with van der Waals surface area (Å²) >= 11 is 0. The summed E-state index contributed by atoms with van der Waals surface area (Å²) in [7, 11) is 2.04. The quantitative estimate of drug-likeness (QED) is 0.744. The van der Waals surface area contributed by atoms with Gasteiger partial charge in [0.05, 0.1) is 5.52 Å². The van der Waals surface area contributed by atoms with Gasteiger partial charge in [-0.3, -0.25) is 0 Å². The fourth-order valence-electron chi connectivity index (χ4n) is 1.61. The molecule has 2 aromatic rings. The molecule has 0 atom stereocenters. The molecule has 0 radical (unpaired) electrons. The Labute approximate surface area is 83.8 Å². The van der Waals surface area contributed by atoms with Crippen LogP contribution in [0.15, 0.2) is 30.5 Å². The van der Waals surface area contributed by atoms with Crippen molar-refractivity contribution in [2.24, 2.45) is 12.8 Å². The molecule has 13 heavy (non-hydrogen) atoms.